The molecule has 1 unspecified atom stereocenters. The van der Waals surface area contributed by atoms with Crippen LogP contribution in [-0.4, -0.2) is 55.9 Å². The van der Waals surface area contributed by atoms with Crippen molar-refractivity contribution in [3.05, 3.63) is 65.6 Å². The summed E-state index contributed by atoms with van der Waals surface area (Å²) in [5.41, 5.74) is 3.31. The maximum atomic E-state index is 13.6. The maximum absolute atomic E-state index is 13.6. The first kappa shape index (κ1) is 22.6. The van der Waals surface area contributed by atoms with Gasteiger partial charge in [0.15, 0.2) is 5.03 Å². The minimum Gasteiger partial charge on any atom is -0.395 e. The number of hydrogen-bond acceptors (Lipinski definition) is 5. The number of aromatic nitrogens is 4. The number of halogens is 1. The van der Waals surface area contributed by atoms with E-state index < -0.39 is 15.4 Å². The second-order valence-corrected chi connectivity index (χ2v) is 11.9. The summed E-state index contributed by atoms with van der Waals surface area (Å²) in [6.45, 7) is -0.0569. The van der Waals surface area contributed by atoms with Gasteiger partial charge in [0.1, 0.15) is 5.82 Å². The third kappa shape index (κ3) is 3.75. The standard InChI is InChI=1S/C25H28FN5O3S/c1-29-14-24(27-16-29)35(33,34)31(21-8-9-21)22-5-2-18-10-23-17(11-25(18,12-22)15-32)13-28-30(23)20-6-3-19(26)4-7-20/h3-4,6-7,10,13-14,16,21-22,32H,2,5,8-9,11-12,15H2,1H3/t22?,25-/m1/s1. The van der Waals surface area contributed by atoms with Gasteiger partial charge >= 0.3 is 0 Å². The summed E-state index contributed by atoms with van der Waals surface area (Å²) in [5.74, 6) is -0.299. The van der Waals surface area contributed by atoms with Gasteiger partial charge in [0.25, 0.3) is 10.0 Å². The van der Waals surface area contributed by atoms with E-state index in [0.717, 1.165) is 35.4 Å². The summed E-state index contributed by atoms with van der Waals surface area (Å²) in [4.78, 5) is 4.14. The highest BCUT2D eigenvalue weighted by atomic mass is 32.2. The number of aryl methyl sites for hydroxylation is 1. The molecule has 3 aliphatic carbocycles. The molecule has 2 fully saturated rings. The molecular formula is C25H28FN5O3S. The van der Waals surface area contributed by atoms with Crippen LogP contribution in [0.1, 0.15) is 43.4 Å². The molecule has 0 aliphatic heterocycles. The molecule has 1 aromatic carbocycles. The number of benzene rings is 1. The molecule has 0 radical (unpaired) electrons. The minimum absolute atomic E-state index is 0.00587. The fraction of sp³-hybridized carbons (Fsp3) is 0.440. The predicted molar refractivity (Wildman–Crippen MR) is 128 cm³/mol. The van der Waals surface area contributed by atoms with Crippen molar-refractivity contribution in [2.75, 3.05) is 6.61 Å². The van der Waals surface area contributed by atoms with Gasteiger partial charge in [-0.1, -0.05) is 5.57 Å². The summed E-state index contributed by atoms with van der Waals surface area (Å²) < 4.78 is 45.7. The average molecular weight is 498 g/mol. The van der Waals surface area contributed by atoms with Crippen LogP contribution in [0.2, 0.25) is 0 Å². The highest BCUT2D eigenvalue weighted by Crippen LogP contribution is 2.50. The van der Waals surface area contributed by atoms with Gasteiger partial charge < -0.3 is 9.67 Å². The third-order valence-electron chi connectivity index (χ3n) is 7.64. The molecule has 0 bridgehead atoms. The summed E-state index contributed by atoms with van der Waals surface area (Å²) in [5, 5.41) is 15.3. The van der Waals surface area contributed by atoms with Crippen LogP contribution in [-0.2, 0) is 23.5 Å². The first-order valence-corrected chi connectivity index (χ1v) is 13.4. The third-order valence-corrected chi connectivity index (χ3v) is 9.53. The molecule has 0 amide bonds. The number of sulfonamides is 1. The van der Waals surface area contributed by atoms with Crippen LogP contribution in [0.15, 0.2) is 53.6 Å². The molecule has 8 nitrogen and oxygen atoms in total. The van der Waals surface area contributed by atoms with Crippen molar-refractivity contribution in [1.29, 1.82) is 0 Å². The first-order chi connectivity index (χ1) is 16.8. The number of aliphatic hydroxyl groups excluding tert-OH is 1. The molecule has 3 aliphatic rings. The number of hydrogen-bond donors (Lipinski definition) is 1. The Morgan fingerprint density at radius 1 is 1.20 bits per heavy atom. The number of imidazole rings is 1. The predicted octanol–water partition coefficient (Wildman–Crippen LogP) is 3.07. The molecule has 184 valence electrons. The second-order valence-electron chi connectivity index (χ2n) is 10.1. The van der Waals surface area contributed by atoms with Gasteiger partial charge in [-0.15, -0.1) is 0 Å². The van der Waals surface area contributed by atoms with Crippen molar-refractivity contribution in [3.63, 3.8) is 0 Å². The Hall–Kier alpha value is -2.82. The van der Waals surface area contributed by atoms with Gasteiger partial charge in [-0.05, 0) is 74.4 Å². The Kier molecular flexibility index (Phi) is 5.24. The number of nitrogens with zero attached hydrogens (tertiary/aromatic N) is 5. The van der Waals surface area contributed by atoms with Crippen LogP contribution in [0.3, 0.4) is 0 Å². The Labute approximate surface area is 203 Å². The molecule has 1 N–H and O–H groups in total. The van der Waals surface area contributed by atoms with Crippen molar-refractivity contribution in [1.82, 2.24) is 23.6 Å². The van der Waals surface area contributed by atoms with E-state index in [-0.39, 0.29) is 29.5 Å². The van der Waals surface area contributed by atoms with Gasteiger partial charge in [-0.3, -0.25) is 0 Å². The highest BCUT2D eigenvalue weighted by Gasteiger charge is 2.50. The summed E-state index contributed by atoms with van der Waals surface area (Å²) in [7, 11) is -1.97. The zero-order chi connectivity index (χ0) is 24.4. The smallest absolute Gasteiger partial charge is 0.262 e. The zero-order valence-corrected chi connectivity index (χ0v) is 20.3. The van der Waals surface area contributed by atoms with E-state index >= 15 is 0 Å². The SMILES string of the molecule is Cn1cnc(S(=O)(=O)N(C2CC2)C2CCC3=Cc4c(cnn4-c4ccc(F)cc4)C[C@]3(CO)C2)c1. The Bertz CT molecular complexity index is 1410. The topological polar surface area (TPSA) is 93.3 Å². The number of aliphatic hydroxyl groups is 1. The molecular weight excluding hydrogens is 469 g/mol. The molecule has 2 saturated carbocycles. The lowest BCUT2D eigenvalue weighted by atomic mass is 9.63. The molecule has 3 aromatic rings. The zero-order valence-electron chi connectivity index (χ0n) is 19.5. The normalized spacial score (nSPS) is 24.2. The fourth-order valence-corrected chi connectivity index (χ4v) is 7.64. The van der Waals surface area contributed by atoms with Crippen LogP contribution in [0.5, 0.6) is 0 Å². The molecule has 2 heterocycles. The first-order valence-electron chi connectivity index (χ1n) is 12.0. The van der Waals surface area contributed by atoms with Gasteiger partial charge in [-0.2, -0.15) is 9.40 Å². The average Bonchev–Trinajstić information content (AvgIpc) is 3.42. The highest BCUT2D eigenvalue weighted by molar-refractivity contribution is 7.89. The molecule has 6 rings (SSSR count). The molecule has 35 heavy (non-hydrogen) atoms. The van der Waals surface area contributed by atoms with Crippen LogP contribution in [0.25, 0.3) is 11.8 Å². The monoisotopic (exact) mass is 497 g/mol. The van der Waals surface area contributed by atoms with E-state index in [1.54, 1.807) is 45.1 Å². The molecule has 2 aromatic heterocycles. The van der Waals surface area contributed by atoms with E-state index in [4.69, 9.17) is 0 Å². The summed E-state index contributed by atoms with van der Waals surface area (Å²) >= 11 is 0. The van der Waals surface area contributed by atoms with Gasteiger partial charge in [0.2, 0.25) is 0 Å². The number of rotatable bonds is 6. The Morgan fingerprint density at radius 2 is 1.97 bits per heavy atom. The Morgan fingerprint density at radius 3 is 2.63 bits per heavy atom. The van der Waals surface area contributed by atoms with Gasteiger partial charge in [0, 0.05) is 30.7 Å². The van der Waals surface area contributed by atoms with Crippen molar-refractivity contribution in [2.24, 2.45) is 12.5 Å². The van der Waals surface area contributed by atoms with Crippen LogP contribution >= 0.6 is 0 Å². The van der Waals surface area contributed by atoms with Crippen molar-refractivity contribution in [2.45, 2.75) is 55.6 Å². The second kappa shape index (κ2) is 8.11. The van der Waals surface area contributed by atoms with E-state index in [1.165, 1.54) is 18.5 Å². The lowest BCUT2D eigenvalue weighted by molar-refractivity contribution is 0.0919. The van der Waals surface area contributed by atoms with E-state index in [0.29, 0.717) is 25.7 Å². The molecule has 10 heteroatoms. The lowest BCUT2D eigenvalue weighted by Gasteiger charge is -2.46. The van der Waals surface area contributed by atoms with Crippen molar-refractivity contribution in [3.8, 4) is 5.69 Å². The van der Waals surface area contributed by atoms with E-state index in [1.807, 2.05) is 0 Å². The summed E-state index contributed by atoms with van der Waals surface area (Å²) in [6, 6.07) is 6.01. The van der Waals surface area contributed by atoms with Crippen LogP contribution < -0.4 is 0 Å². The molecule has 2 atom stereocenters. The molecule has 0 saturated heterocycles. The molecule has 0 spiro atoms. The Balaban J connectivity index is 1.33. The number of fused-ring (bicyclic) bond motifs is 2. The van der Waals surface area contributed by atoms with Crippen molar-refractivity contribution < 1.29 is 17.9 Å². The van der Waals surface area contributed by atoms with Gasteiger partial charge in [0.05, 0.1) is 30.5 Å². The summed E-state index contributed by atoms with van der Waals surface area (Å²) in [6.07, 6.45) is 11.2. The van der Waals surface area contributed by atoms with Gasteiger partial charge in [-0.25, -0.2) is 22.5 Å². The van der Waals surface area contributed by atoms with E-state index in [2.05, 4.69) is 16.2 Å². The van der Waals surface area contributed by atoms with Crippen LogP contribution in [0.4, 0.5) is 4.39 Å². The largest absolute Gasteiger partial charge is 0.395 e. The minimum atomic E-state index is -3.73. The van der Waals surface area contributed by atoms with Crippen molar-refractivity contribution >= 4 is 16.1 Å². The van der Waals surface area contributed by atoms with Crippen LogP contribution in [0, 0.1) is 11.2 Å². The fourth-order valence-electron chi connectivity index (χ4n) is 5.77. The maximum Gasteiger partial charge on any atom is 0.262 e. The quantitative estimate of drug-likeness (QED) is 0.565. The van der Waals surface area contributed by atoms with E-state index in [9.17, 15) is 17.9 Å². The lowest BCUT2D eigenvalue weighted by Crippen LogP contribution is -2.49.